The molecule has 1 saturated heterocycles. The second-order valence-electron chi connectivity index (χ2n) is 10.4. The normalized spacial score (nSPS) is 15.7. The first-order valence-electron chi connectivity index (χ1n) is 12.2. The molecule has 2 amide bonds. The Morgan fingerprint density at radius 2 is 1.46 bits per heavy atom. The van der Waals surface area contributed by atoms with Crippen molar-refractivity contribution in [1.29, 1.82) is 0 Å². The molecule has 0 bridgehead atoms. The molecule has 1 aliphatic heterocycles. The van der Waals surface area contributed by atoms with Gasteiger partial charge in [0.1, 0.15) is 0 Å². The number of nitrogens with one attached hydrogen (secondary N) is 1. The van der Waals surface area contributed by atoms with Crippen LogP contribution >= 0.6 is 0 Å². The van der Waals surface area contributed by atoms with E-state index in [0.29, 0.717) is 5.56 Å². The van der Waals surface area contributed by atoms with Gasteiger partial charge >= 0.3 is 0 Å². The molecule has 5 heteroatoms. The summed E-state index contributed by atoms with van der Waals surface area (Å²) in [7, 11) is 1.87. The number of anilines is 2. The van der Waals surface area contributed by atoms with Crippen LogP contribution in [0.5, 0.6) is 0 Å². The van der Waals surface area contributed by atoms with E-state index in [9.17, 15) is 9.59 Å². The van der Waals surface area contributed by atoms with Gasteiger partial charge in [-0.25, -0.2) is 0 Å². The number of hydrogen-bond donors (Lipinski definition) is 1. The average molecular weight is 470 g/mol. The highest BCUT2D eigenvalue weighted by Crippen LogP contribution is 2.27. The minimum Gasteiger partial charge on any atom is -0.369 e. The Kier molecular flexibility index (Phi) is 6.97. The van der Waals surface area contributed by atoms with Gasteiger partial charge in [0.15, 0.2) is 0 Å². The van der Waals surface area contributed by atoms with Crippen molar-refractivity contribution >= 4 is 23.2 Å². The van der Waals surface area contributed by atoms with E-state index in [1.165, 1.54) is 5.56 Å². The van der Waals surface area contributed by atoms with Gasteiger partial charge in [-0.3, -0.25) is 9.59 Å². The Morgan fingerprint density at radius 3 is 2.00 bits per heavy atom. The second-order valence-corrected chi connectivity index (χ2v) is 10.4. The summed E-state index contributed by atoms with van der Waals surface area (Å²) in [6, 6.07) is 24.5. The first-order chi connectivity index (χ1) is 16.6. The quantitative estimate of drug-likeness (QED) is 0.502. The Balaban J connectivity index is 1.36. The van der Waals surface area contributed by atoms with E-state index in [-0.39, 0.29) is 23.3 Å². The fraction of sp³-hybridized carbons (Fsp3) is 0.333. The van der Waals surface area contributed by atoms with Gasteiger partial charge in [0.05, 0.1) is 6.04 Å². The minimum absolute atomic E-state index is 0.0985. The number of amides is 2. The lowest BCUT2D eigenvalue weighted by molar-refractivity contribution is -0.129. The minimum atomic E-state index is -0.128. The second kappa shape index (κ2) is 9.95. The van der Waals surface area contributed by atoms with Gasteiger partial charge in [0, 0.05) is 44.0 Å². The maximum atomic E-state index is 12.8. The predicted molar refractivity (Wildman–Crippen MR) is 144 cm³/mol. The van der Waals surface area contributed by atoms with E-state index in [1.54, 1.807) is 6.92 Å². The molecule has 0 aliphatic carbocycles. The van der Waals surface area contributed by atoms with Crippen molar-refractivity contribution in [2.75, 3.05) is 30.4 Å². The average Bonchev–Trinajstić information content (AvgIpc) is 3.34. The summed E-state index contributed by atoms with van der Waals surface area (Å²) in [5.41, 5.74) is 6.14. The van der Waals surface area contributed by atoms with E-state index in [4.69, 9.17) is 0 Å². The van der Waals surface area contributed by atoms with E-state index in [2.05, 4.69) is 55.3 Å². The molecule has 3 aromatic carbocycles. The highest BCUT2D eigenvalue weighted by Gasteiger charge is 2.27. The van der Waals surface area contributed by atoms with Crippen LogP contribution < -0.4 is 10.2 Å². The van der Waals surface area contributed by atoms with Crippen LogP contribution in [0.25, 0.3) is 11.1 Å². The lowest BCUT2D eigenvalue weighted by Gasteiger charge is -2.24. The third-order valence-corrected chi connectivity index (χ3v) is 6.93. The molecule has 4 rings (SSSR count). The molecule has 1 aliphatic rings. The molecule has 1 atom stereocenters. The van der Waals surface area contributed by atoms with Gasteiger partial charge in [-0.15, -0.1) is 0 Å². The molecule has 5 nitrogen and oxygen atoms in total. The third kappa shape index (κ3) is 5.73. The van der Waals surface area contributed by atoms with Gasteiger partial charge in [0.2, 0.25) is 5.91 Å². The SMILES string of the molecule is CC(=O)N(C)C1CCN(c2ccc(NC(=O)c3ccc(-c4ccc(C(C)(C)C)cc4)cc3)cc2)C1. The van der Waals surface area contributed by atoms with Crippen LogP contribution in [0.1, 0.15) is 50.0 Å². The van der Waals surface area contributed by atoms with Gasteiger partial charge < -0.3 is 15.1 Å². The molecule has 1 unspecified atom stereocenters. The number of nitrogens with zero attached hydrogens (tertiary/aromatic N) is 2. The molecule has 182 valence electrons. The molecule has 1 N–H and O–H groups in total. The molecule has 0 spiro atoms. The summed E-state index contributed by atoms with van der Waals surface area (Å²) in [5, 5.41) is 2.99. The third-order valence-electron chi connectivity index (χ3n) is 6.93. The van der Waals surface area contributed by atoms with Crippen molar-refractivity contribution in [3.8, 4) is 11.1 Å². The van der Waals surface area contributed by atoms with Crippen LogP contribution in [-0.2, 0) is 10.2 Å². The largest absolute Gasteiger partial charge is 0.369 e. The zero-order valence-electron chi connectivity index (χ0n) is 21.3. The number of carbonyl (C=O) groups excluding carboxylic acids is 2. The smallest absolute Gasteiger partial charge is 0.255 e. The topological polar surface area (TPSA) is 52.7 Å². The fourth-order valence-electron chi connectivity index (χ4n) is 4.49. The summed E-state index contributed by atoms with van der Waals surface area (Å²) in [4.78, 5) is 28.5. The number of rotatable bonds is 5. The van der Waals surface area contributed by atoms with Crippen molar-refractivity contribution in [3.05, 3.63) is 83.9 Å². The van der Waals surface area contributed by atoms with Crippen molar-refractivity contribution in [2.24, 2.45) is 0 Å². The molecule has 0 aromatic heterocycles. The van der Waals surface area contributed by atoms with Crippen LogP contribution in [-0.4, -0.2) is 42.9 Å². The Hall–Kier alpha value is -3.60. The van der Waals surface area contributed by atoms with Crippen molar-refractivity contribution in [2.45, 2.75) is 45.6 Å². The number of carbonyl (C=O) groups is 2. The molecular weight excluding hydrogens is 434 g/mol. The Morgan fingerprint density at radius 1 is 0.886 bits per heavy atom. The molecule has 1 heterocycles. The number of benzene rings is 3. The molecule has 3 aromatic rings. The van der Waals surface area contributed by atoms with Gasteiger partial charge in [-0.1, -0.05) is 57.2 Å². The molecule has 1 fully saturated rings. The van der Waals surface area contributed by atoms with Gasteiger partial charge in [-0.05, 0) is 64.9 Å². The monoisotopic (exact) mass is 469 g/mol. The first kappa shape index (κ1) is 24.5. The van der Waals surface area contributed by atoms with Gasteiger partial charge in [0.25, 0.3) is 5.91 Å². The lowest BCUT2D eigenvalue weighted by atomic mass is 9.86. The maximum Gasteiger partial charge on any atom is 0.255 e. The van der Waals surface area contributed by atoms with Crippen LogP contribution in [0, 0.1) is 0 Å². The van der Waals surface area contributed by atoms with Crippen LogP contribution in [0.3, 0.4) is 0 Å². The predicted octanol–water partition coefficient (Wildman–Crippen LogP) is 5.96. The summed E-state index contributed by atoms with van der Waals surface area (Å²) >= 11 is 0. The zero-order chi connectivity index (χ0) is 25.2. The van der Waals surface area contributed by atoms with E-state index >= 15 is 0 Å². The molecule has 35 heavy (non-hydrogen) atoms. The zero-order valence-corrected chi connectivity index (χ0v) is 21.3. The summed E-state index contributed by atoms with van der Waals surface area (Å²) in [6.07, 6.45) is 0.964. The highest BCUT2D eigenvalue weighted by atomic mass is 16.2. The highest BCUT2D eigenvalue weighted by molar-refractivity contribution is 6.04. The first-order valence-corrected chi connectivity index (χ1v) is 12.2. The fourth-order valence-corrected chi connectivity index (χ4v) is 4.49. The van der Waals surface area contributed by atoms with Crippen molar-refractivity contribution in [1.82, 2.24) is 4.90 Å². The van der Waals surface area contributed by atoms with E-state index < -0.39 is 0 Å². The van der Waals surface area contributed by atoms with Gasteiger partial charge in [-0.2, -0.15) is 0 Å². The maximum absolute atomic E-state index is 12.8. The van der Waals surface area contributed by atoms with E-state index in [1.807, 2.05) is 60.5 Å². The van der Waals surface area contributed by atoms with Crippen molar-refractivity contribution < 1.29 is 9.59 Å². The molecule has 0 radical (unpaired) electrons. The summed E-state index contributed by atoms with van der Waals surface area (Å²) < 4.78 is 0. The number of hydrogen-bond acceptors (Lipinski definition) is 3. The van der Waals surface area contributed by atoms with E-state index in [0.717, 1.165) is 42.0 Å². The van der Waals surface area contributed by atoms with Crippen LogP contribution in [0.2, 0.25) is 0 Å². The lowest BCUT2D eigenvalue weighted by Crippen LogP contribution is -2.37. The Bertz CT molecular complexity index is 1180. The molecule has 0 saturated carbocycles. The van der Waals surface area contributed by atoms with Crippen molar-refractivity contribution in [3.63, 3.8) is 0 Å². The van der Waals surface area contributed by atoms with Crippen LogP contribution in [0.15, 0.2) is 72.8 Å². The number of likely N-dealkylation sites (N-methyl/N-ethyl adjacent to an activating group) is 1. The Labute approximate surface area is 208 Å². The van der Waals surface area contributed by atoms with Crippen LogP contribution in [0.4, 0.5) is 11.4 Å². The standard InChI is InChI=1S/C30H35N3O2/c1-21(34)32(5)28-18-19-33(20-28)27-16-14-26(15-17-27)31-29(35)24-8-6-22(7-9-24)23-10-12-25(13-11-23)30(2,3)4/h6-17,28H,18-20H2,1-5H3,(H,31,35). The summed E-state index contributed by atoms with van der Waals surface area (Å²) in [6.45, 7) is 9.98. The summed E-state index contributed by atoms with van der Waals surface area (Å²) in [5.74, 6) is -0.0296. The molecular formula is C30H35N3O2.